The Balaban J connectivity index is 1.54. The van der Waals surface area contributed by atoms with E-state index in [-0.39, 0.29) is 11.8 Å². The van der Waals surface area contributed by atoms with E-state index in [1.165, 1.54) is 11.1 Å². The largest absolute Gasteiger partial charge is 0.284 e. The van der Waals surface area contributed by atoms with Gasteiger partial charge in [0.25, 0.3) is 0 Å². The SMILES string of the molecule is Cc1ccc2sc(N(Cc3ccccc3)C(=O)CC(c3ccccc3)c3ccccc3)nc2c1C. The van der Waals surface area contributed by atoms with Crippen molar-refractivity contribution in [3.05, 3.63) is 131 Å². The molecule has 1 amide bonds. The number of hydrogen-bond acceptors (Lipinski definition) is 3. The minimum atomic E-state index is -0.0264. The van der Waals surface area contributed by atoms with Crippen molar-refractivity contribution in [3.63, 3.8) is 0 Å². The molecule has 0 spiro atoms. The van der Waals surface area contributed by atoms with Crippen molar-refractivity contribution in [1.29, 1.82) is 0 Å². The third-order valence-corrected chi connectivity index (χ3v) is 7.62. The molecule has 0 N–H and O–H groups in total. The molecule has 35 heavy (non-hydrogen) atoms. The van der Waals surface area contributed by atoms with Crippen molar-refractivity contribution >= 4 is 32.6 Å². The van der Waals surface area contributed by atoms with Gasteiger partial charge >= 0.3 is 0 Å². The first-order valence-electron chi connectivity index (χ1n) is 11.9. The monoisotopic (exact) mass is 476 g/mol. The Kier molecular flexibility index (Phi) is 6.73. The zero-order valence-electron chi connectivity index (χ0n) is 20.0. The maximum atomic E-state index is 14.0. The summed E-state index contributed by atoms with van der Waals surface area (Å²) in [5.74, 6) is 0.0431. The Labute approximate surface area is 210 Å². The fourth-order valence-electron chi connectivity index (χ4n) is 4.44. The molecule has 174 valence electrons. The number of aryl methyl sites for hydroxylation is 2. The van der Waals surface area contributed by atoms with Gasteiger partial charge in [0.15, 0.2) is 5.13 Å². The third kappa shape index (κ3) is 5.03. The lowest BCUT2D eigenvalue weighted by Gasteiger charge is -2.24. The van der Waals surface area contributed by atoms with E-state index in [9.17, 15) is 4.79 Å². The Morgan fingerprint density at radius 3 is 1.97 bits per heavy atom. The molecular formula is C31H28N2OS. The van der Waals surface area contributed by atoms with E-state index in [1.54, 1.807) is 11.3 Å². The molecule has 5 aromatic rings. The van der Waals surface area contributed by atoms with Gasteiger partial charge < -0.3 is 0 Å². The highest BCUT2D eigenvalue weighted by atomic mass is 32.1. The Bertz CT molecular complexity index is 1390. The minimum Gasteiger partial charge on any atom is -0.284 e. The van der Waals surface area contributed by atoms with Gasteiger partial charge in [-0.15, -0.1) is 0 Å². The van der Waals surface area contributed by atoms with Gasteiger partial charge in [-0.1, -0.05) is 108 Å². The summed E-state index contributed by atoms with van der Waals surface area (Å²) < 4.78 is 1.11. The van der Waals surface area contributed by atoms with Crippen molar-refractivity contribution in [3.8, 4) is 0 Å². The van der Waals surface area contributed by atoms with E-state index in [2.05, 4.69) is 62.4 Å². The number of aromatic nitrogens is 1. The number of hydrogen-bond donors (Lipinski definition) is 0. The van der Waals surface area contributed by atoms with Crippen LogP contribution in [0.3, 0.4) is 0 Å². The molecule has 0 aliphatic heterocycles. The van der Waals surface area contributed by atoms with E-state index in [4.69, 9.17) is 4.98 Å². The number of amides is 1. The van der Waals surface area contributed by atoms with Gasteiger partial charge in [0, 0.05) is 12.3 Å². The van der Waals surface area contributed by atoms with Crippen molar-refractivity contribution in [2.45, 2.75) is 32.7 Å². The molecule has 0 radical (unpaired) electrons. The summed E-state index contributed by atoms with van der Waals surface area (Å²) in [6, 6.07) is 35.0. The van der Waals surface area contributed by atoms with Gasteiger partial charge in [-0.3, -0.25) is 9.69 Å². The van der Waals surface area contributed by atoms with Gasteiger partial charge in [-0.05, 0) is 47.7 Å². The Hall–Kier alpha value is -3.76. The van der Waals surface area contributed by atoms with Crippen LogP contribution in [0.15, 0.2) is 103 Å². The van der Waals surface area contributed by atoms with Crippen LogP contribution in [0.25, 0.3) is 10.2 Å². The topological polar surface area (TPSA) is 33.2 Å². The molecule has 4 heteroatoms. The lowest BCUT2D eigenvalue weighted by molar-refractivity contribution is -0.119. The number of rotatable bonds is 7. The fourth-order valence-corrected chi connectivity index (χ4v) is 5.48. The second-order valence-electron chi connectivity index (χ2n) is 8.89. The quantitative estimate of drug-likeness (QED) is 0.241. The number of nitrogens with zero attached hydrogens (tertiary/aromatic N) is 2. The molecule has 0 saturated carbocycles. The molecule has 4 aromatic carbocycles. The average molecular weight is 477 g/mol. The first-order chi connectivity index (χ1) is 17.1. The lowest BCUT2D eigenvalue weighted by Crippen LogP contribution is -2.31. The van der Waals surface area contributed by atoms with Crippen LogP contribution in [0.2, 0.25) is 0 Å². The highest BCUT2D eigenvalue weighted by molar-refractivity contribution is 7.22. The highest BCUT2D eigenvalue weighted by Crippen LogP contribution is 2.35. The van der Waals surface area contributed by atoms with E-state index in [0.29, 0.717) is 13.0 Å². The molecule has 0 aliphatic rings. The minimum absolute atomic E-state index is 0.0264. The summed E-state index contributed by atoms with van der Waals surface area (Å²) >= 11 is 1.59. The maximum Gasteiger partial charge on any atom is 0.230 e. The maximum absolute atomic E-state index is 14.0. The third-order valence-electron chi connectivity index (χ3n) is 6.57. The van der Waals surface area contributed by atoms with E-state index in [0.717, 1.165) is 32.0 Å². The van der Waals surface area contributed by atoms with E-state index < -0.39 is 0 Å². The van der Waals surface area contributed by atoms with Crippen LogP contribution in [-0.2, 0) is 11.3 Å². The fraction of sp³-hybridized carbons (Fsp3) is 0.161. The summed E-state index contributed by atoms with van der Waals surface area (Å²) in [5, 5.41) is 0.752. The van der Waals surface area contributed by atoms with Gasteiger partial charge in [0.1, 0.15) is 0 Å². The number of thiazole rings is 1. The molecule has 1 aromatic heterocycles. The Morgan fingerprint density at radius 1 is 0.800 bits per heavy atom. The lowest BCUT2D eigenvalue weighted by atomic mass is 9.88. The van der Waals surface area contributed by atoms with Crippen molar-refractivity contribution in [2.24, 2.45) is 0 Å². The smallest absolute Gasteiger partial charge is 0.230 e. The molecule has 0 bridgehead atoms. The summed E-state index contributed by atoms with van der Waals surface area (Å²) in [6.07, 6.45) is 0.370. The molecule has 0 unspecified atom stereocenters. The van der Waals surface area contributed by atoms with Crippen molar-refractivity contribution < 1.29 is 4.79 Å². The predicted octanol–water partition coefficient (Wildman–Crippen LogP) is 7.67. The molecule has 1 heterocycles. The van der Waals surface area contributed by atoms with Gasteiger partial charge in [0.05, 0.1) is 16.8 Å². The first kappa shape index (κ1) is 23.0. The normalized spacial score (nSPS) is 11.2. The zero-order valence-corrected chi connectivity index (χ0v) is 20.8. The molecule has 0 fully saturated rings. The standard InChI is InChI=1S/C31H28N2OS/c1-22-18-19-28-30(23(22)2)32-31(35-28)33(21-24-12-6-3-7-13-24)29(34)20-27(25-14-8-4-9-15-25)26-16-10-5-11-17-26/h3-19,27H,20-21H2,1-2H3. The molecule has 0 saturated heterocycles. The Morgan fingerprint density at radius 2 is 1.37 bits per heavy atom. The van der Waals surface area contributed by atoms with Gasteiger partial charge in [-0.25, -0.2) is 4.98 Å². The summed E-state index contributed by atoms with van der Waals surface area (Å²) in [7, 11) is 0. The van der Waals surface area contributed by atoms with E-state index >= 15 is 0 Å². The molecule has 0 aliphatic carbocycles. The highest BCUT2D eigenvalue weighted by Gasteiger charge is 2.25. The zero-order chi connectivity index (χ0) is 24.2. The second kappa shape index (κ2) is 10.2. The van der Waals surface area contributed by atoms with Crippen LogP contribution < -0.4 is 4.90 Å². The number of anilines is 1. The van der Waals surface area contributed by atoms with Crippen LogP contribution in [-0.4, -0.2) is 10.9 Å². The van der Waals surface area contributed by atoms with Crippen LogP contribution in [0.4, 0.5) is 5.13 Å². The number of fused-ring (bicyclic) bond motifs is 1. The van der Waals surface area contributed by atoms with Crippen LogP contribution in [0.5, 0.6) is 0 Å². The van der Waals surface area contributed by atoms with Crippen molar-refractivity contribution in [1.82, 2.24) is 4.98 Å². The number of benzene rings is 4. The average Bonchev–Trinajstić information content (AvgIpc) is 3.34. The second-order valence-corrected chi connectivity index (χ2v) is 9.90. The number of carbonyl (C=O) groups excluding carboxylic acids is 1. The summed E-state index contributed by atoms with van der Waals surface area (Å²) in [6.45, 7) is 4.70. The number of carbonyl (C=O) groups is 1. The molecule has 5 rings (SSSR count). The summed E-state index contributed by atoms with van der Waals surface area (Å²) in [5.41, 5.74) is 6.74. The van der Waals surface area contributed by atoms with Crippen LogP contribution in [0, 0.1) is 13.8 Å². The van der Waals surface area contributed by atoms with Crippen LogP contribution >= 0.6 is 11.3 Å². The molecular weight excluding hydrogens is 448 g/mol. The van der Waals surface area contributed by atoms with Gasteiger partial charge in [-0.2, -0.15) is 0 Å². The molecule has 3 nitrogen and oxygen atoms in total. The van der Waals surface area contributed by atoms with Gasteiger partial charge in [0.2, 0.25) is 5.91 Å². The van der Waals surface area contributed by atoms with Crippen LogP contribution in [0.1, 0.15) is 40.2 Å². The summed E-state index contributed by atoms with van der Waals surface area (Å²) in [4.78, 5) is 20.9. The predicted molar refractivity (Wildman–Crippen MR) is 146 cm³/mol. The molecule has 0 atom stereocenters. The van der Waals surface area contributed by atoms with E-state index in [1.807, 2.05) is 59.5 Å². The van der Waals surface area contributed by atoms with Crippen molar-refractivity contribution in [2.75, 3.05) is 4.90 Å². The first-order valence-corrected chi connectivity index (χ1v) is 12.7.